The smallest absolute Gasteiger partial charge is 0.335 e. The van der Waals surface area contributed by atoms with Gasteiger partial charge in [-0.05, 0) is 51.0 Å². The Hall–Kier alpha value is -2.08. The van der Waals surface area contributed by atoms with Crippen molar-refractivity contribution in [1.82, 2.24) is 9.80 Å². The lowest BCUT2D eigenvalue weighted by Gasteiger charge is -2.41. The number of nitrogens with zero attached hydrogens (tertiary/aromatic N) is 3. The average Bonchev–Trinajstić information content (AvgIpc) is 2.65. The maximum atomic E-state index is 12.7. The third kappa shape index (κ3) is 4.18. The molecule has 6 heteroatoms. The Morgan fingerprint density at radius 1 is 1.00 bits per heavy atom. The summed E-state index contributed by atoms with van der Waals surface area (Å²) in [5.41, 5.74) is 1.31. The number of carbonyl (C=O) groups is 2. The molecule has 0 bridgehead atoms. The molecule has 0 saturated carbocycles. The van der Waals surface area contributed by atoms with Crippen LogP contribution in [0.5, 0.6) is 0 Å². The van der Waals surface area contributed by atoms with E-state index in [0.717, 1.165) is 31.9 Å². The van der Waals surface area contributed by atoms with Crippen molar-refractivity contribution in [1.29, 1.82) is 0 Å². The van der Waals surface area contributed by atoms with Gasteiger partial charge in [0.05, 0.1) is 12.1 Å². The zero-order valence-corrected chi connectivity index (χ0v) is 15.7. The number of aromatic carboxylic acids is 1. The largest absolute Gasteiger partial charge is 0.478 e. The van der Waals surface area contributed by atoms with Crippen molar-refractivity contribution in [2.45, 2.75) is 45.2 Å². The topological polar surface area (TPSA) is 64.1 Å². The van der Waals surface area contributed by atoms with E-state index < -0.39 is 5.97 Å². The van der Waals surface area contributed by atoms with Gasteiger partial charge >= 0.3 is 5.97 Å². The number of rotatable bonds is 4. The monoisotopic (exact) mass is 359 g/mol. The van der Waals surface area contributed by atoms with Gasteiger partial charge < -0.3 is 14.9 Å². The van der Waals surface area contributed by atoms with Crippen LogP contribution in [0.25, 0.3) is 0 Å². The van der Waals surface area contributed by atoms with Crippen molar-refractivity contribution in [3.05, 3.63) is 29.8 Å². The van der Waals surface area contributed by atoms with E-state index in [1.54, 1.807) is 12.1 Å². The summed E-state index contributed by atoms with van der Waals surface area (Å²) in [6, 6.07) is 7.92. The van der Waals surface area contributed by atoms with Gasteiger partial charge in [-0.2, -0.15) is 0 Å². The van der Waals surface area contributed by atoms with Gasteiger partial charge in [0.25, 0.3) is 0 Å². The average molecular weight is 359 g/mol. The molecule has 0 radical (unpaired) electrons. The Balaban J connectivity index is 1.52. The number of carbonyl (C=O) groups excluding carboxylic acids is 1. The van der Waals surface area contributed by atoms with E-state index in [0.29, 0.717) is 24.2 Å². The van der Waals surface area contributed by atoms with Crippen LogP contribution in [0.2, 0.25) is 0 Å². The predicted octanol–water partition coefficient (Wildman–Crippen LogP) is 2.30. The number of likely N-dealkylation sites (tertiary alicyclic amines) is 1. The number of piperazine rings is 1. The van der Waals surface area contributed by atoms with E-state index in [4.69, 9.17) is 5.11 Å². The molecule has 2 fully saturated rings. The van der Waals surface area contributed by atoms with Crippen LogP contribution >= 0.6 is 0 Å². The second kappa shape index (κ2) is 8.08. The molecule has 2 aliphatic heterocycles. The quantitative estimate of drug-likeness (QED) is 0.894. The molecular formula is C20H29N3O3. The van der Waals surface area contributed by atoms with E-state index in [9.17, 15) is 9.59 Å². The van der Waals surface area contributed by atoms with Gasteiger partial charge in [0.15, 0.2) is 0 Å². The highest BCUT2D eigenvalue weighted by Gasteiger charge is 2.29. The second-order valence-electron chi connectivity index (χ2n) is 7.52. The number of hydrogen-bond acceptors (Lipinski definition) is 4. The lowest BCUT2D eigenvalue weighted by Crippen LogP contribution is -2.54. The van der Waals surface area contributed by atoms with E-state index in [1.807, 2.05) is 17.0 Å². The minimum atomic E-state index is -0.909. The number of benzene rings is 1. The van der Waals surface area contributed by atoms with Gasteiger partial charge in [0, 0.05) is 44.0 Å². The lowest BCUT2D eigenvalue weighted by molar-refractivity contribution is -0.134. The highest BCUT2D eigenvalue weighted by atomic mass is 16.4. The molecule has 0 spiro atoms. The zero-order chi connectivity index (χ0) is 18.7. The molecule has 2 saturated heterocycles. The van der Waals surface area contributed by atoms with Crippen LogP contribution in [-0.4, -0.2) is 71.6 Å². The Morgan fingerprint density at radius 2 is 1.58 bits per heavy atom. The number of carboxylic acid groups (broad SMARTS) is 1. The molecule has 1 aromatic rings. The number of carboxylic acids is 1. The van der Waals surface area contributed by atoms with Crippen molar-refractivity contribution in [2.75, 3.05) is 37.6 Å². The van der Waals surface area contributed by atoms with Gasteiger partial charge in [0.2, 0.25) is 5.91 Å². The second-order valence-corrected chi connectivity index (χ2v) is 7.52. The molecular weight excluding hydrogens is 330 g/mol. The molecule has 0 aromatic heterocycles. The molecule has 0 unspecified atom stereocenters. The normalized spacial score (nSPS) is 24.5. The highest BCUT2D eigenvalue weighted by Crippen LogP contribution is 2.23. The third-order valence-corrected chi connectivity index (χ3v) is 5.81. The summed E-state index contributed by atoms with van der Waals surface area (Å²) in [5.74, 6) is -0.681. The zero-order valence-electron chi connectivity index (χ0n) is 15.7. The molecule has 2 aliphatic rings. The molecule has 1 amide bonds. The summed E-state index contributed by atoms with van der Waals surface area (Å²) in [7, 11) is 0. The maximum absolute atomic E-state index is 12.7. The van der Waals surface area contributed by atoms with Crippen molar-refractivity contribution < 1.29 is 14.7 Å². The number of hydrogen-bond donors (Lipinski definition) is 1. The fourth-order valence-corrected chi connectivity index (χ4v) is 4.07. The first kappa shape index (κ1) is 18.7. The number of piperidine rings is 1. The van der Waals surface area contributed by atoms with Crippen molar-refractivity contribution >= 4 is 17.6 Å². The van der Waals surface area contributed by atoms with E-state index in [-0.39, 0.29) is 5.91 Å². The molecule has 1 aromatic carbocycles. The van der Waals surface area contributed by atoms with Crippen molar-refractivity contribution in [3.8, 4) is 0 Å². The molecule has 1 N–H and O–H groups in total. The van der Waals surface area contributed by atoms with Crippen LogP contribution in [0, 0.1) is 0 Å². The van der Waals surface area contributed by atoms with E-state index in [1.165, 1.54) is 19.3 Å². The number of anilines is 1. The molecule has 0 aliphatic carbocycles. The Kier molecular flexibility index (Phi) is 5.81. The van der Waals surface area contributed by atoms with Gasteiger partial charge in [0.1, 0.15) is 0 Å². The molecule has 26 heavy (non-hydrogen) atoms. The first-order valence-corrected chi connectivity index (χ1v) is 9.57. The highest BCUT2D eigenvalue weighted by molar-refractivity contribution is 5.88. The first-order chi connectivity index (χ1) is 12.5. The Morgan fingerprint density at radius 3 is 2.12 bits per heavy atom. The maximum Gasteiger partial charge on any atom is 0.335 e. The molecule has 3 rings (SSSR count). The Bertz CT molecular complexity index is 628. The molecule has 2 atom stereocenters. The van der Waals surface area contributed by atoms with Crippen molar-refractivity contribution in [2.24, 2.45) is 0 Å². The van der Waals surface area contributed by atoms with Crippen LogP contribution in [0.3, 0.4) is 0 Å². The lowest BCUT2D eigenvalue weighted by atomic mass is 9.97. The number of amides is 1. The summed E-state index contributed by atoms with van der Waals surface area (Å²) in [6.07, 6.45) is 3.61. The predicted molar refractivity (Wildman–Crippen MR) is 102 cm³/mol. The minimum Gasteiger partial charge on any atom is -0.478 e. The van der Waals surface area contributed by atoms with E-state index in [2.05, 4.69) is 23.6 Å². The van der Waals surface area contributed by atoms with Crippen LogP contribution < -0.4 is 4.90 Å². The first-order valence-electron chi connectivity index (χ1n) is 9.57. The third-order valence-electron chi connectivity index (χ3n) is 5.81. The fraction of sp³-hybridized carbons (Fsp3) is 0.600. The SMILES string of the molecule is C[C@@H]1CCC[C@H](C)N1CC(=O)N1CCN(c2ccc(C(=O)O)cc2)CC1. The van der Waals surface area contributed by atoms with Crippen molar-refractivity contribution in [3.63, 3.8) is 0 Å². The van der Waals surface area contributed by atoms with Gasteiger partial charge in [-0.1, -0.05) is 6.42 Å². The molecule has 142 valence electrons. The molecule has 6 nitrogen and oxygen atoms in total. The summed E-state index contributed by atoms with van der Waals surface area (Å²) < 4.78 is 0. The summed E-state index contributed by atoms with van der Waals surface area (Å²) in [5, 5.41) is 8.99. The standard InChI is InChI=1S/C20H29N3O3/c1-15-4-3-5-16(2)23(15)14-19(24)22-12-10-21(11-13-22)18-8-6-17(7-9-18)20(25)26/h6-9,15-16H,3-5,10-14H2,1-2H3,(H,25,26)/t15-,16+. The van der Waals surface area contributed by atoms with Gasteiger partial charge in [-0.25, -0.2) is 4.79 Å². The Labute approximate surface area is 155 Å². The van der Waals surface area contributed by atoms with Gasteiger partial charge in [-0.3, -0.25) is 9.69 Å². The molecule has 2 heterocycles. The van der Waals surface area contributed by atoms with Crippen LogP contribution in [0.15, 0.2) is 24.3 Å². The fourth-order valence-electron chi connectivity index (χ4n) is 4.07. The van der Waals surface area contributed by atoms with E-state index >= 15 is 0 Å². The van der Waals surface area contributed by atoms with Crippen LogP contribution in [0.4, 0.5) is 5.69 Å². The van der Waals surface area contributed by atoms with Gasteiger partial charge in [-0.15, -0.1) is 0 Å². The summed E-state index contributed by atoms with van der Waals surface area (Å²) in [4.78, 5) is 30.2. The summed E-state index contributed by atoms with van der Waals surface area (Å²) in [6.45, 7) is 7.97. The minimum absolute atomic E-state index is 0.228. The van der Waals surface area contributed by atoms with Crippen LogP contribution in [0.1, 0.15) is 43.5 Å². The van der Waals surface area contributed by atoms with Crippen LogP contribution in [-0.2, 0) is 4.79 Å². The summed E-state index contributed by atoms with van der Waals surface area (Å²) >= 11 is 0.